The molecule has 0 fully saturated rings. The van der Waals surface area contributed by atoms with Gasteiger partial charge in [0.05, 0.1) is 5.56 Å². The molecule has 0 radical (unpaired) electrons. The lowest BCUT2D eigenvalue weighted by molar-refractivity contribution is 0.152. The fourth-order valence-corrected chi connectivity index (χ4v) is 1.05. The Bertz CT molecular complexity index is 419. The lowest BCUT2D eigenvalue weighted by Gasteiger charge is -2.03. The van der Waals surface area contributed by atoms with Crippen molar-refractivity contribution in [2.75, 3.05) is 5.73 Å². The van der Waals surface area contributed by atoms with E-state index in [-0.39, 0.29) is 17.4 Å². The number of nitrogens with two attached hydrogens (primary N) is 2. The van der Waals surface area contributed by atoms with Gasteiger partial charge in [-0.1, -0.05) is 11.8 Å². The minimum absolute atomic E-state index is 0.0381. The zero-order chi connectivity index (χ0) is 12.1. The average molecular weight is 225 g/mol. The van der Waals surface area contributed by atoms with Crippen LogP contribution in [0.25, 0.3) is 0 Å². The van der Waals surface area contributed by atoms with E-state index in [1.807, 2.05) is 6.92 Å². The van der Waals surface area contributed by atoms with Gasteiger partial charge < -0.3 is 11.5 Å². The molecule has 0 aliphatic carbocycles. The summed E-state index contributed by atoms with van der Waals surface area (Å²) in [7, 11) is 0. The largest absolute Gasteiger partial charge is 0.383 e. The fourth-order valence-electron chi connectivity index (χ4n) is 1.05. The number of aromatic nitrogens is 1. The second-order valence-electron chi connectivity index (χ2n) is 3.48. The molecule has 4 N–H and O–H groups in total. The summed E-state index contributed by atoms with van der Waals surface area (Å²) < 4.78 is 24.9. The third kappa shape index (κ3) is 3.48. The minimum Gasteiger partial charge on any atom is -0.383 e. The van der Waals surface area contributed by atoms with E-state index in [1.165, 1.54) is 12.3 Å². The average Bonchev–Trinajstić information content (AvgIpc) is 2.19. The first-order valence-electron chi connectivity index (χ1n) is 4.78. The van der Waals surface area contributed by atoms with E-state index in [2.05, 4.69) is 16.8 Å². The maximum atomic E-state index is 12.5. The number of hydrogen-bond donors (Lipinski definition) is 2. The van der Waals surface area contributed by atoms with Crippen LogP contribution in [0.1, 0.15) is 30.9 Å². The van der Waals surface area contributed by atoms with E-state index in [9.17, 15) is 8.78 Å². The highest BCUT2D eigenvalue weighted by Crippen LogP contribution is 2.23. The number of nitrogens with zero attached hydrogens (tertiary/aromatic N) is 1. The first-order valence-corrected chi connectivity index (χ1v) is 4.78. The SMILES string of the molecule is C[C@H](N)CC#Cc1cnc(N)c(C(F)F)c1. The molecular formula is C11H13F2N3. The highest BCUT2D eigenvalue weighted by molar-refractivity contribution is 5.46. The van der Waals surface area contributed by atoms with Crippen LogP contribution in [0, 0.1) is 11.8 Å². The Morgan fingerprint density at radius 3 is 2.75 bits per heavy atom. The predicted molar refractivity (Wildman–Crippen MR) is 58.8 cm³/mol. The minimum atomic E-state index is -2.64. The summed E-state index contributed by atoms with van der Waals surface area (Å²) in [6.07, 6.45) is -0.758. The third-order valence-corrected chi connectivity index (χ3v) is 1.84. The van der Waals surface area contributed by atoms with E-state index < -0.39 is 6.43 Å². The van der Waals surface area contributed by atoms with Crippen molar-refractivity contribution in [1.82, 2.24) is 4.98 Å². The Balaban J connectivity index is 2.89. The number of alkyl halides is 2. The van der Waals surface area contributed by atoms with Gasteiger partial charge in [0, 0.05) is 24.2 Å². The molecule has 3 nitrogen and oxygen atoms in total. The van der Waals surface area contributed by atoms with Gasteiger partial charge in [0.2, 0.25) is 0 Å². The molecule has 86 valence electrons. The van der Waals surface area contributed by atoms with Crippen LogP contribution in [0.4, 0.5) is 14.6 Å². The molecule has 0 bridgehead atoms. The van der Waals surface area contributed by atoms with Gasteiger partial charge in [-0.15, -0.1) is 0 Å². The number of halogens is 2. The zero-order valence-electron chi connectivity index (χ0n) is 8.87. The summed E-state index contributed by atoms with van der Waals surface area (Å²) >= 11 is 0. The molecule has 1 aromatic rings. The van der Waals surface area contributed by atoms with E-state index in [0.717, 1.165) is 0 Å². The molecule has 1 atom stereocenters. The Hall–Kier alpha value is -1.67. The number of anilines is 1. The van der Waals surface area contributed by atoms with Crippen molar-refractivity contribution in [1.29, 1.82) is 0 Å². The standard InChI is InChI=1S/C11H13F2N3/c1-7(14)3-2-4-8-5-9(10(12)13)11(15)16-6-8/h5-7,10H,3,14H2,1H3,(H2,15,16)/t7-/m0/s1. The molecule has 0 amide bonds. The molecule has 16 heavy (non-hydrogen) atoms. The summed E-state index contributed by atoms with van der Waals surface area (Å²) in [6.45, 7) is 1.82. The third-order valence-electron chi connectivity index (χ3n) is 1.84. The van der Waals surface area contributed by atoms with Gasteiger partial charge in [-0.3, -0.25) is 0 Å². The molecule has 0 aliphatic heterocycles. The molecular weight excluding hydrogens is 212 g/mol. The van der Waals surface area contributed by atoms with Crippen molar-refractivity contribution in [3.63, 3.8) is 0 Å². The van der Waals surface area contributed by atoms with Crippen LogP contribution in [-0.2, 0) is 0 Å². The van der Waals surface area contributed by atoms with Crippen LogP contribution in [0.2, 0.25) is 0 Å². The lowest BCUT2D eigenvalue weighted by Crippen LogP contribution is -2.12. The van der Waals surface area contributed by atoms with Gasteiger partial charge in [-0.05, 0) is 13.0 Å². The molecule has 1 aromatic heterocycles. The van der Waals surface area contributed by atoms with Crippen LogP contribution in [0.15, 0.2) is 12.3 Å². The van der Waals surface area contributed by atoms with E-state index in [0.29, 0.717) is 12.0 Å². The van der Waals surface area contributed by atoms with E-state index in [1.54, 1.807) is 0 Å². The fraction of sp³-hybridized carbons (Fsp3) is 0.364. The summed E-state index contributed by atoms with van der Waals surface area (Å²) in [5.74, 6) is 5.34. The van der Waals surface area contributed by atoms with Gasteiger partial charge in [-0.2, -0.15) is 0 Å². The monoisotopic (exact) mass is 225 g/mol. The van der Waals surface area contributed by atoms with Crippen LogP contribution in [0.3, 0.4) is 0 Å². The van der Waals surface area contributed by atoms with Crippen LogP contribution in [-0.4, -0.2) is 11.0 Å². The predicted octanol–water partition coefficient (Wildman–Crippen LogP) is 1.69. The Morgan fingerprint density at radius 2 is 2.19 bits per heavy atom. The van der Waals surface area contributed by atoms with Crippen molar-refractivity contribution in [3.05, 3.63) is 23.4 Å². The molecule has 0 unspecified atom stereocenters. The highest BCUT2D eigenvalue weighted by atomic mass is 19.3. The van der Waals surface area contributed by atoms with Gasteiger partial charge >= 0.3 is 0 Å². The number of nitrogen functional groups attached to an aromatic ring is 1. The smallest absolute Gasteiger partial charge is 0.267 e. The van der Waals surface area contributed by atoms with Gasteiger partial charge in [0.15, 0.2) is 0 Å². The van der Waals surface area contributed by atoms with E-state index in [4.69, 9.17) is 11.5 Å². The van der Waals surface area contributed by atoms with Crippen molar-refractivity contribution in [2.45, 2.75) is 25.8 Å². The van der Waals surface area contributed by atoms with Crippen LogP contribution in [0.5, 0.6) is 0 Å². The molecule has 0 saturated heterocycles. The topological polar surface area (TPSA) is 64.9 Å². The number of hydrogen-bond acceptors (Lipinski definition) is 3. The second kappa shape index (κ2) is 5.42. The molecule has 0 spiro atoms. The Morgan fingerprint density at radius 1 is 1.50 bits per heavy atom. The van der Waals surface area contributed by atoms with Gasteiger partial charge in [0.1, 0.15) is 5.82 Å². The molecule has 0 saturated carbocycles. The number of pyridine rings is 1. The van der Waals surface area contributed by atoms with Crippen molar-refractivity contribution in [3.8, 4) is 11.8 Å². The Kier molecular flexibility index (Phi) is 4.20. The van der Waals surface area contributed by atoms with Crippen LogP contribution < -0.4 is 11.5 Å². The Labute approximate surface area is 92.9 Å². The summed E-state index contributed by atoms with van der Waals surface area (Å²) in [5, 5.41) is 0. The quantitative estimate of drug-likeness (QED) is 0.753. The summed E-state index contributed by atoms with van der Waals surface area (Å²) in [5.41, 5.74) is 10.9. The molecule has 1 rings (SSSR count). The summed E-state index contributed by atoms with van der Waals surface area (Å²) in [6, 6.07) is 1.21. The normalized spacial score (nSPS) is 12.1. The number of rotatable bonds is 2. The summed E-state index contributed by atoms with van der Waals surface area (Å²) in [4.78, 5) is 3.66. The molecule has 1 heterocycles. The second-order valence-corrected chi connectivity index (χ2v) is 3.48. The van der Waals surface area contributed by atoms with Gasteiger partial charge in [-0.25, -0.2) is 13.8 Å². The molecule has 5 heteroatoms. The maximum Gasteiger partial charge on any atom is 0.267 e. The molecule has 0 aliphatic rings. The van der Waals surface area contributed by atoms with Crippen molar-refractivity contribution in [2.24, 2.45) is 5.73 Å². The zero-order valence-corrected chi connectivity index (χ0v) is 8.87. The highest BCUT2D eigenvalue weighted by Gasteiger charge is 2.12. The molecule has 0 aromatic carbocycles. The van der Waals surface area contributed by atoms with Gasteiger partial charge in [0.25, 0.3) is 6.43 Å². The maximum absolute atomic E-state index is 12.5. The van der Waals surface area contributed by atoms with E-state index >= 15 is 0 Å². The first-order chi connectivity index (χ1) is 7.50. The first kappa shape index (κ1) is 12.4. The lowest BCUT2D eigenvalue weighted by atomic mass is 10.2. The van der Waals surface area contributed by atoms with Crippen molar-refractivity contribution < 1.29 is 8.78 Å². The van der Waals surface area contributed by atoms with Crippen molar-refractivity contribution >= 4 is 5.82 Å². The van der Waals surface area contributed by atoms with Crippen LogP contribution >= 0.6 is 0 Å².